The largest absolute Gasteiger partial charge is 0.385 e. The van der Waals surface area contributed by atoms with E-state index in [0.717, 1.165) is 32.1 Å². The fourth-order valence-corrected chi connectivity index (χ4v) is 5.94. The second kappa shape index (κ2) is 25.2. The molecule has 0 saturated heterocycles. The van der Waals surface area contributed by atoms with Gasteiger partial charge in [-0.25, -0.2) is 0 Å². The normalized spacial score (nSPS) is 14.4. The third kappa shape index (κ3) is 23.6. The van der Waals surface area contributed by atoms with Crippen LogP contribution in [-0.4, -0.2) is 33.1 Å². The molecule has 0 heterocycles. The molecule has 33 heavy (non-hydrogen) atoms. The number of hydrogen-bond acceptors (Lipinski definition) is 4. The lowest BCUT2D eigenvalue weighted by atomic mass is 10.0. The first-order valence-corrected chi connectivity index (χ1v) is 16.2. The first-order valence-electron chi connectivity index (χ1n) is 14.4. The number of unbranched alkanes of at least 4 members (excludes halogenated alkanes) is 16. The van der Waals surface area contributed by atoms with Crippen LogP contribution in [0.1, 0.15) is 143 Å². The van der Waals surface area contributed by atoms with Crippen LogP contribution in [0, 0.1) is 5.92 Å². The monoisotopic (exact) mass is 490 g/mol. The van der Waals surface area contributed by atoms with Gasteiger partial charge in [0, 0.05) is 13.7 Å². The van der Waals surface area contributed by atoms with Crippen LogP contribution in [0.25, 0.3) is 0 Å². The van der Waals surface area contributed by atoms with Crippen molar-refractivity contribution in [2.75, 3.05) is 33.1 Å². The Morgan fingerprint density at radius 3 is 1.52 bits per heavy atom. The van der Waals surface area contributed by atoms with Gasteiger partial charge in [0.25, 0.3) is 0 Å². The molecule has 0 aliphatic rings. The van der Waals surface area contributed by atoms with Gasteiger partial charge in [0.15, 0.2) is 0 Å². The van der Waals surface area contributed by atoms with Gasteiger partial charge in [0.2, 0.25) is 0 Å². The number of ether oxygens (including phenoxy) is 1. The van der Waals surface area contributed by atoms with Crippen LogP contribution in [0.5, 0.6) is 0 Å². The van der Waals surface area contributed by atoms with Crippen LogP contribution in [0.3, 0.4) is 0 Å². The summed E-state index contributed by atoms with van der Waals surface area (Å²) in [5, 5.41) is 0. The van der Waals surface area contributed by atoms with Crippen molar-refractivity contribution in [3.05, 3.63) is 0 Å². The molecule has 0 rings (SSSR count). The van der Waals surface area contributed by atoms with E-state index in [1.807, 2.05) is 0 Å². The molecule has 0 aromatic carbocycles. The average Bonchev–Trinajstić information content (AvgIpc) is 2.82. The van der Waals surface area contributed by atoms with Gasteiger partial charge in [-0.1, -0.05) is 124 Å². The predicted octanol–water partition coefficient (Wildman–Crippen LogP) is 9.95. The third-order valence-corrected chi connectivity index (χ3v) is 8.42. The van der Waals surface area contributed by atoms with Gasteiger partial charge in [-0.2, -0.15) is 0 Å². The summed E-state index contributed by atoms with van der Waals surface area (Å²) in [5.74, 6) is 0.332. The molecule has 0 N–H and O–H groups in total. The van der Waals surface area contributed by atoms with E-state index >= 15 is 0 Å². The van der Waals surface area contributed by atoms with Crippen LogP contribution in [0.15, 0.2) is 0 Å². The van der Waals surface area contributed by atoms with Gasteiger partial charge in [0.1, 0.15) is 0 Å². The van der Waals surface area contributed by atoms with Crippen LogP contribution >= 0.6 is 7.60 Å². The molecule has 0 fully saturated rings. The molecule has 5 heteroatoms. The van der Waals surface area contributed by atoms with Crippen molar-refractivity contribution < 1.29 is 18.3 Å². The van der Waals surface area contributed by atoms with Crippen molar-refractivity contribution in [3.8, 4) is 0 Å². The molecular formula is C28H59O4P. The lowest BCUT2D eigenvalue weighted by Crippen LogP contribution is -2.10. The maximum Gasteiger partial charge on any atom is 0.330 e. The Bertz CT molecular complexity index is 430. The molecule has 0 radical (unpaired) electrons. The van der Waals surface area contributed by atoms with Gasteiger partial charge in [0.05, 0.1) is 19.4 Å². The van der Waals surface area contributed by atoms with Crippen molar-refractivity contribution >= 4 is 7.60 Å². The SMILES string of the molecule is CCCCCCCCCCCCCCCCCCOP(=O)(CCCC)OCC(C)CCOC. The molecule has 0 aromatic rings. The van der Waals surface area contributed by atoms with Crippen LogP contribution in [0.4, 0.5) is 0 Å². The molecule has 0 aromatic heterocycles. The lowest BCUT2D eigenvalue weighted by Gasteiger charge is -2.20. The first kappa shape index (κ1) is 33.1. The Hall–Kier alpha value is 0.110. The maximum atomic E-state index is 13.0. The third-order valence-electron chi connectivity index (χ3n) is 6.44. The summed E-state index contributed by atoms with van der Waals surface area (Å²) in [6.07, 6.45) is 25.0. The molecule has 0 amide bonds. The minimum Gasteiger partial charge on any atom is -0.385 e. The summed E-state index contributed by atoms with van der Waals surface area (Å²) in [4.78, 5) is 0. The van der Waals surface area contributed by atoms with Crippen molar-refractivity contribution in [3.63, 3.8) is 0 Å². The van der Waals surface area contributed by atoms with Crippen LogP contribution in [0.2, 0.25) is 0 Å². The molecule has 0 bridgehead atoms. The van der Waals surface area contributed by atoms with Crippen molar-refractivity contribution in [1.82, 2.24) is 0 Å². The second-order valence-electron chi connectivity index (χ2n) is 10.0. The Morgan fingerprint density at radius 2 is 1.06 bits per heavy atom. The van der Waals surface area contributed by atoms with Gasteiger partial charge >= 0.3 is 7.60 Å². The topological polar surface area (TPSA) is 44.8 Å². The van der Waals surface area contributed by atoms with Crippen molar-refractivity contribution in [2.45, 2.75) is 143 Å². The van der Waals surface area contributed by atoms with E-state index < -0.39 is 7.60 Å². The molecule has 4 nitrogen and oxygen atoms in total. The maximum absolute atomic E-state index is 13.0. The molecule has 2 atom stereocenters. The van der Waals surface area contributed by atoms with Crippen LogP contribution in [-0.2, 0) is 18.3 Å². The van der Waals surface area contributed by atoms with Gasteiger partial charge in [-0.3, -0.25) is 4.57 Å². The zero-order chi connectivity index (χ0) is 24.5. The van der Waals surface area contributed by atoms with Crippen molar-refractivity contribution in [1.29, 1.82) is 0 Å². The van der Waals surface area contributed by atoms with E-state index in [1.54, 1.807) is 7.11 Å². The highest BCUT2D eigenvalue weighted by molar-refractivity contribution is 7.53. The molecule has 2 unspecified atom stereocenters. The van der Waals surface area contributed by atoms with E-state index in [2.05, 4.69) is 20.8 Å². The Balaban J connectivity index is 3.62. The minimum atomic E-state index is -2.95. The summed E-state index contributed by atoms with van der Waals surface area (Å²) in [6.45, 7) is 8.27. The fourth-order valence-electron chi connectivity index (χ4n) is 4.02. The zero-order valence-corrected chi connectivity index (χ0v) is 23.8. The molecule has 0 aliphatic heterocycles. The fraction of sp³-hybridized carbons (Fsp3) is 1.00. The number of rotatable bonds is 27. The first-order chi connectivity index (χ1) is 16.1. The van der Waals surface area contributed by atoms with E-state index in [4.69, 9.17) is 13.8 Å². The van der Waals surface area contributed by atoms with E-state index in [1.165, 1.54) is 89.9 Å². The molecule has 0 saturated carbocycles. The van der Waals surface area contributed by atoms with Gasteiger partial charge < -0.3 is 13.8 Å². The Kier molecular flexibility index (Phi) is 25.3. The molecule has 200 valence electrons. The van der Waals surface area contributed by atoms with E-state index in [-0.39, 0.29) is 0 Å². The smallest absolute Gasteiger partial charge is 0.330 e. The van der Waals surface area contributed by atoms with Gasteiger partial charge in [-0.05, 0) is 25.2 Å². The molecule has 0 spiro atoms. The van der Waals surface area contributed by atoms with Crippen molar-refractivity contribution in [2.24, 2.45) is 5.92 Å². The summed E-state index contributed by atoms with van der Waals surface area (Å²) in [5.41, 5.74) is 0. The average molecular weight is 491 g/mol. The Labute approximate surface area is 207 Å². The van der Waals surface area contributed by atoms with E-state index in [0.29, 0.717) is 31.9 Å². The summed E-state index contributed by atoms with van der Waals surface area (Å²) in [7, 11) is -1.24. The quantitative estimate of drug-likeness (QED) is 0.0848. The molecular weight excluding hydrogens is 431 g/mol. The number of hydrogen-bond donors (Lipinski definition) is 0. The minimum absolute atomic E-state index is 0.332. The summed E-state index contributed by atoms with van der Waals surface area (Å²) in [6, 6.07) is 0. The lowest BCUT2D eigenvalue weighted by molar-refractivity contribution is 0.144. The summed E-state index contributed by atoms with van der Waals surface area (Å²) < 4.78 is 29.8. The standard InChI is InChI=1S/C28H59O4P/c1-5-7-9-10-11-12-13-14-15-16-17-18-19-20-21-22-24-31-33(29,26-8-6-2)32-27-28(3)23-25-30-4/h28H,5-27H2,1-4H3. The highest BCUT2D eigenvalue weighted by atomic mass is 31.2. The molecule has 0 aliphatic carbocycles. The summed E-state index contributed by atoms with van der Waals surface area (Å²) >= 11 is 0. The van der Waals surface area contributed by atoms with Crippen LogP contribution < -0.4 is 0 Å². The predicted molar refractivity (Wildman–Crippen MR) is 144 cm³/mol. The zero-order valence-electron chi connectivity index (χ0n) is 22.9. The highest BCUT2D eigenvalue weighted by Crippen LogP contribution is 2.49. The van der Waals surface area contributed by atoms with E-state index in [9.17, 15) is 4.57 Å². The highest BCUT2D eigenvalue weighted by Gasteiger charge is 2.24. The Morgan fingerprint density at radius 1 is 0.606 bits per heavy atom. The van der Waals surface area contributed by atoms with Gasteiger partial charge in [-0.15, -0.1) is 0 Å². The second-order valence-corrected chi connectivity index (χ2v) is 12.2. The number of methoxy groups -OCH3 is 1.